The highest BCUT2D eigenvalue weighted by Crippen LogP contribution is 2.06. The van der Waals surface area contributed by atoms with E-state index in [1.807, 2.05) is 13.8 Å². The van der Waals surface area contributed by atoms with Crippen LogP contribution >= 0.6 is 0 Å². The summed E-state index contributed by atoms with van der Waals surface area (Å²) in [4.78, 5) is 11.5. The quantitative estimate of drug-likeness (QED) is 0.638. The summed E-state index contributed by atoms with van der Waals surface area (Å²) in [5.41, 5.74) is 5.36. The lowest BCUT2D eigenvalue weighted by molar-refractivity contribution is -0.122. The molecule has 0 aromatic carbocycles. The van der Waals surface area contributed by atoms with E-state index in [0.717, 1.165) is 6.42 Å². The van der Waals surface area contributed by atoms with Crippen LogP contribution in [0, 0.1) is 0 Å². The molecule has 15 heavy (non-hydrogen) atoms. The molecule has 0 bridgehead atoms. The van der Waals surface area contributed by atoms with Gasteiger partial charge in [-0.3, -0.25) is 4.79 Å². The molecule has 90 valence electrons. The third kappa shape index (κ3) is 9.73. The molecule has 0 rings (SSSR count). The molecule has 0 aromatic heterocycles. The Bertz CT molecular complexity index is 185. The van der Waals surface area contributed by atoms with Gasteiger partial charge in [-0.15, -0.1) is 0 Å². The number of hydrogen-bond acceptors (Lipinski definition) is 2. The average molecular weight is 214 g/mol. The van der Waals surface area contributed by atoms with Gasteiger partial charge in [-0.2, -0.15) is 0 Å². The van der Waals surface area contributed by atoms with E-state index in [1.165, 1.54) is 19.3 Å². The predicted octanol–water partition coefficient (Wildman–Crippen LogP) is 2.20. The molecule has 0 aliphatic rings. The number of nitrogens with two attached hydrogens (primary N) is 1. The molecule has 0 radical (unpaired) electrons. The number of hydrogen-bond donors (Lipinski definition) is 2. The van der Waals surface area contributed by atoms with Crippen molar-refractivity contribution in [2.45, 2.75) is 71.4 Å². The molecule has 0 fully saturated rings. The van der Waals surface area contributed by atoms with Crippen molar-refractivity contribution in [2.24, 2.45) is 5.73 Å². The van der Waals surface area contributed by atoms with Crippen LogP contribution in [-0.2, 0) is 4.79 Å². The summed E-state index contributed by atoms with van der Waals surface area (Å²) in [5, 5.41) is 2.98. The summed E-state index contributed by atoms with van der Waals surface area (Å²) in [6.07, 6.45) is 5.10. The van der Waals surface area contributed by atoms with Gasteiger partial charge in [0.15, 0.2) is 0 Å². The van der Waals surface area contributed by atoms with Crippen molar-refractivity contribution >= 4 is 5.91 Å². The van der Waals surface area contributed by atoms with E-state index in [4.69, 9.17) is 5.73 Å². The number of nitrogens with one attached hydrogen (secondary N) is 1. The van der Waals surface area contributed by atoms with Gasteiger partial charge in [0.2, 0.25) is 5.91 Å². The van der Waals surface area contributed by atoms with Crippen LogP contribution in [0.5, 0.6) is 0 Å². The molecular formula is C12H26N2O. The van der Waals surface area contributed by atoms with Gasteiger partial charge < -0.3 is 11.1 Å². The van der Waals surface area contributed by atoms with Gasteiger partial charge in [0, 0.05) is 18.0 Å². The maximum absolute atomic E-state index is 11.5. The van der Waals surface area contributed by atoms with Crippen molar-refractivity contribution in [3.63, 3.8) is 0 Å². The van der Waals surface area contributed by atoms with E-state index in [1.54, 1.807) is 0 Å². The molecule has 3 heteroatoms. The largest absolute Gasteiger partial charge is 0.354 e. The maximum atomic E-state index is 11.5. The van der Waals surface area contributed by atoms with Crippen LogP contribution in [0.3, 0.4) is 0 Å². The second-order valence-corrected chi connectivity index (χ2v) is 5.13. The second-order valence-electron chi connectivity index (χ2n) is 5.13. The zero-order valence-corrected chi connectivity index (χ0v) is 10.6. The van der Waals surface area contributed by atoms with Gasteiger partial charge in [0.05, 0.1) is 0 Å². The summed E-state index contributed by atoms with van der Waals surface area (Å²) in [6, 6.07) is 0.270. The number of carbonyl (C=O) groups excluding carboxylic acids is 1. The minimum absolute atomic E-state index is 0.0616. The highest BCUT2D eigenvalue weighted by atomic mass is 16.1. The van der Waals surface area contributed by atoms with Crippen LogP contribution in [0.1, 0.15) is 59.8 Å². The molecule has 3 N–H and O–H groups in total. The van der Waals surface area contributed by atoms with Crippen LogP contribution < -0.4 is 11.1 Å². The van der Waals surface area contributed by atoms with Crippen molar-refractivity contribution in [3.05, 3.63) is 0 Å². The molecule has 0 aliphatic carbocycles. The average Bonchev–Trinajstić information content (AvgIpc) is 2.00. The number of rotatable bonds is 7. The van der Waals surface area contributed by atoms with E-state index >= 15 is 0 Å². The van der Waals surface area contributed by atoms with E-state index in [2.05, 4.69) is 19.2 Å². The molecule has 0 aliphatic heterocycles. The van der Waals surface area contributed by atoms with Crippen LogP contribution in [-0.4, -0.2) is 17.5 Å². The normalized spacial score (nSPS) is 13.7. The second kappa shape index (κ2) is 6.83. The minimum atomic E-state index is -0.410. The van der Waals surface area contributed by atoms with Crippen LogP contribution in [0.25, 0.3) is 0 Å². The van der Waals surface area contributed by atoms with Gasteiger partial charge in [-0.1, -0.05) is 26.2 Å². The summed E-state index contributed by atoms with van der Waals surface area (Å²) >= 11 is 0. The van der Waals surface area contributed by atoms with Gasteiger partial charge in [0.25, 0.3) is 0 Å². The lowest BCUT2D eigenvalue weighted by atomic mass is 10.0. The molecule has 0 saturated heterocycles. The van der Waals surface area contributed by atoms with Crippen molar-refractivity contribution in [3.8, 4) is 0 Å². The minimum Gasteiger partial charge on any atom is -0.354 e. The molecule has 0 saturated carbocycles. The lowest BCUT2D eigenvalue weighted by Crippen LogP contribution is -2.41. The fourth-order valence-corrected chi connectivity index (χ4v) is 1.51. The molecule has 1 unspecified atom stereocenters. The summed E-state index contributed by atoms with van der Waals surface area (Å²) in [7, 11) is 0. The SMILES string of the molecule is CCCCCC(C)NC(=O)CC(C)(C)N. The molecular weight excluding hydrogens is 188 g/mol. The Kier molecular flexibility index (Phi) is 6.57. The van der Waals surface area contributed by atoms with E-state index in [0.29, 0.717) is 6.42 Å². The zero-order valence-electron chi connectivity index (χ0n) is 10.6. The van der Waals surface area contributed by atoms with Crippen molar-refractivity contribution in [1.29, 1.82) is 0 Å². The van der Waals surface area contributed by atoms with E-state index in [-0.39, 0.29) is 11.9 Å². The Labute approximate surface area is 93.8 Å². The molecule has 3 nitrogen and oxygen atoms in total. The first-order valence-corrected chi connectivity index (χ1v) is 5.93. The first-order valence-electron chi connectivity index (χ1n) is 5.93. The zero-order chi connectivity index (χ0) is 11.9. The molecule has 1 atom stereocenters. The predicted molar refractivity (Wildman–Crippen MR) is 64.6 cm³/mol. The Morgan fingerprint density at radius 2 is 2.00 bits per heavy atom. The Hall–Kier alpha value is -0.570. The van der Waals surface area contributed by atoms with Crippen LogP contribution in [0.15, 0.2) is 0 Å². The van der Waals surface area contributed by atoms with Gasteiger partial charge in [0.1, 0.15) is 0 Å². The first-order chi connectivity index (χ1) is 6.85. The van der Waals surface area contributed by atoms with Gasteiger partial charge in [-0.05, 0) is 27.2 Å². The highest BCUT2D eigenvalue weighted by molar-refractivity contribution is 5.77. The van der Waals surface area contributed by atoms with Crippen molar-refractivity contribution < 1.29 is 4.79 Å². The Morgan fingerprint density at radius 1 is 1.40 bits per heavy atom. The smallest absolute Gasteiger partial charge is 0.222 e. The van der Waals surface area contributed by atoms with Crippen molar-refractivity contribution in [2.75, 3.05) is 0 Å². The molecule has 1 amide bonds. The van der Waals surface area contributed by atoms with E-state index in [9.17, 15) is 4.79 Å². The lowest BCUT2D eigenvalue weighted by Gasteiger charge is -2.20. The number of unbranched alkanes of at least 4 members (excludes halogenated alkanes) is 2. The molecule has 0 spiro atoms. The molecule has 0 heterocycles. The first kappa shape index (κ1) is 14.4. The summed E-state index contributed by atoms with van der Waals surface area (Å²) < 4.78 is 0. The van der Waals surface area contributed by atoms with Crippen LogP contribution in [0.2, 0.25) is 0 Å². The van der Waals surface area contributed by atoms with Gasteiger partial charge >= 0.3 is 0 Å². The summed E-state index contributed by atoms with van der Waals surface area (Å²) in [5.74, 6) is 0.0616. The maximum Gasteiger partial charge on any atom is 0.222 e. The standard InChI is InChI=1S/C12H26N2O/c1-5-6-7-8-10(2)14-11(15)9-12(3,4)13/h10H,5-9,13H2,1-4H3,(H,14,15). The van der Waals surface area contributed by atoms with E-state index < -0.39 is 5.54 Å². The topological polar surface area (TPSA) is 55.1 Å². The third-order valence-electron chi connectivity index (χ3n) is 2.26. The summed E-state index contributed by atoms with van der Waals surface area (Å²) in [6.45, 7) is 7.97. The highest BCUT2D eigenvalue weighted by Gasteiger charge is 2.17. The number of amides is 1. The van der Waals surface area contributed by atoms with Crippen molar-refractivity contribution in [1.82, 2.24) is 5.32 Å². The fourth-order valence-electron chi connectivity index (χ4n) is 1.51. The van der Waals surface area contributed by atoms with Crippen LogP contribution in [0.4, 0.5) is 0 Å². The molecule has 0 aromatic rings. The fraction of sp³-hybridized carbons (Fsp3) is 0.917. The third-order valence-corrected chi connectivity index (χ3v) is 2.26. The van der Waals surface area contributed by atoms with Gasteiger partial charge in [-0.25, -0.2) is 0 Å². The monoisotopic (exact) mass is 214 g/mol. The Morgan fingerprint density at radius 3 is 2.47 bits per heavy atom. The Balaban J connectivity index is 3.67. The number of carbonyl (C=O) groups is 1.